The summed E-state index contributed by atoms with van der Waals surface area (Å²) in [5.41, 5.74) is 24.0. The Hall–Kier alpha value is -4.17. The van der Waals surface area contributed by atoms with Gasteiger partial charge in [0.1, 0.15) is 0 Å². The minimum absolute atomic E-state index is 0.00333. The maximum Gasteiger partial charge on any atom is -0.159 e. The Balaban J connectivity index is 0.000000230. The summed E-state index contributed by atoms with van der Waals surface area (Å²) in [5.74, 6) is 6.19. The van der Waals surface area contributed by atoms with Crippen LogP contribution in [0.3, 0.4) is 0 Å². The average Bonchev–Trinajstić information content (AvgIpc) is 0.766. The van der Waals surface area contributed by atoms with Crippen molar-refractivity contribution >= 4 is 55.5 Å². The first-order valence-corrected chi connectivity index (χ1v) is 40.7. The minimum atomic E-state index is -5.39. The topological polar surface area (TPSA) is 142 Å². The van der Waals surface area contributed by atoms with E-state index in [-0.39, 0.29) is 65.0 Å². The largest absolute Gasteiger partial charge is 0.822 e. The molecule has 0 amide bonds. The number of rotatable bonds is 0. The summed E-state index contributed by atoms with van der Waals surface area (Å²) in [6, 6.07) is 28.4. The Morgan fingerprint density at radius 2 is 0.337 bits per heavy atom. The SMILES string of the molecule is CC(C)(C)c1cc2c(c(C(C)(C)C)c1)[O][Al+][O]c1c(cc(C(C)(C)C)cc1C(C)(C)C)C2.CC(C)(C)c1cc2c(c(C(C)(C)C)c1)[O][Al+][O]c1c(cc(C(C)(C)C)cc1C(C)(C)C)C2.CC(C)(C)c1cc2c(c(C(C)(C)C)c1)[O][Al+][O]c1c(cc(C(C)(C)C)cc1C(C)(C)C)C2.O=P([O-])([O-])[O-]. The van der Waals surface area contributed by atoms with Crippen molar-refractivity contribution in [3.63, 3.8) is 0 Å². The van der Waals surface area contributed by atoms with Gasteiger partial charge in [0.25, 0.3) is 0 Å². The Morgan fingerprint density at radius 1 is 0.228 bits per heavy atom. The number of benzene rings is 6. The average molecular weight is 1440 g/mol. The maximum atomic E-state index is 8.55. The van der Waals surface area contributed by atoms with Crippen molar-refractivity contribution in [3.8, 4) is 34.5 Å². The zero-order valence-electron chi connectivity index (χ0n) is 69.3. The molecular weight excluding hydrogens is 1320 g/mol. The maximum absolute atomic E-state index is 8.55. The molecule has 0 bridgehead atoms. The molecular formula is C87H126Al3O10P. The Labute approximate surface area is 633 Å². The van der Waals surface area contributed by atoms with Crippen LogP contribution in [0.5, 0.6) is 34.5 Å². The Morgan fingerprint density at radius 3 is 0.426 bits per heavy atom. The molecule has 101 heavy (non-hydrogen) atoms. The van der Waals surface area contributed by atoms with Crippen molar-refractivity contribution in [1.82, 2.24) is 0 Å². The van der Waals surface area contributed by atoms with Crippen molar-refractivity contribution < 1.29 is 42.0 Å². The molecule has 0 saturated heterocycles. The smallest absolute Gasteiger partial charge is 0.159 e. The molecule has 0 aromatic heterocycles. The van der Waals surface area contributed by atoms with E-state index < -0.39 is 55.5 Å². The summed E-state index contributed by atoms with van der Waals surface area (Å²) in [5, 5.41) is 0. The van der Waals surface area contributed by atoms with E-state index in [4.69, 9.17) is 42.0 Å². The first-order chi connectivity index (χ1) is 45.2. The van der Waals surface area contributed by atoms with E-state index in [1.165, 1.54) is 100 Å². The van der Waals surface area contributed by atoms with E-state index >= 15 is 0 Å². The molecule has 0 spiro atoms. The Bertz CT molecular complexity index is 3360. The predicted octanol–water partition coefficient (Wildman–Crippen LogP) is 20.5. The van der Waals surface area contributed by atoms with Crippen LogP contribution in [0, 0.1) is 0 Å². The molecule has 9 rings (SSSR count). The molecule has 14 heteroatoms. The number of hydrogen-bond donors (Lipinski definition) is 0. The molecule has 3 heterocycles. The first kappa shape index (κ1) is 85.8. The second-order valence-corrected chi connectivity index (χ2v) is 43.9. The second-order valence-electron chi connectivity index (χ2n) is 41.0. The molecule has 548 valence electrons. The van der Waals surface area contributed by atoms with E-state index in [0.717, 1.165) is 53.8 Å². The zero-order valence-corrected chi connectivity index (χ0v) is 73.7. The molecule has 3 aliphatic rings. The molecule has 6 aromatic rings. The zero-order chi connectivity index (χ0) is 77.3. The van der Waals surface area contributed by atoms with Gasteiger partial charge in [-0.1, -0.05) is 0 Å². The summed E-state index contributed by atoms with van der Waals surface area (Å²) in [6.45, 7) is 82.2. The van der Waals surface area contributed by atoms with Crippen LogP contribution < -0.4 is 37.4 Å². The summed E-state index contributed by atoms with van der Waals surface area (Å²) >= 11 is -1.91. The van der Waals surface area contributed by atoms with Crippen LogP contribution in [0.25, 0.3) is 0 Å². The minimum Gasteiger partial charge on any atom is -0.822 e. The van der Waals surface area contributed by atoms with Gasteiger partial charge < -0.3 is 19.2 Å². The van der Waals surface area contributed by atoms with Crippen LogP contribution in [0.2, 0.25) is 0 Å². The Kier molecular flexibility index (Phi) is 25.4. The van der Waals surface area contributed by atoms with E-state index in [1.807, 2.05) is 0 Å². The van der Waals surface area contributed by atoms with E-state index in [1.54, 1.807) is 0 Å². The fraction of sp³-hybridized carbons (Fsp3) is 0.586. The summed E-state index contributed by atoms with van der Waals surface area (Å²) in [6.07, 6.45) is 2.47. The third kappa shape index (κ3) is 22.5. The van der Waals surface area contributed by atoms with Crippen molar-refractivity contribution in [2.75, 3.05) is 0 Å². The number of hydrogen-bond acceptors (Lipinski definition) is 10. The van der Waals surface area contributed by atoms with Gasteiger partial charge in [-0.25, -0.2) is 0 Å². The fourth-order valence-electron chi connectivity index (χ4n) is 12.7. The fourth-order valence-corrected chi connectivity index (χ4v) is 15.1. The quantitative estimate of drug-likeness (QED) is 0.107. The first-order valence-electron chi connectivity index (χ1n) is 36.4. The van der Waals surface area contributed by atoms with Crippen molar-refractivity contribution in [2.24, 2.45) is 0 Å². The van der Waals surface area contributed by atoms with Crippen molar-refractivity contribution in [3.05, 3.63) is 173 Å². The molecule has 0 atom stereocenters. The van der Waals surface area contributed by atoms with Gasteiger partial charge in [-0.2, -0.15) is 7.82 Å². The van der Waals surface area contributed by atoms with Gasteiger partial charge in [-0.15, -0.1) is 0 Å². The summed E-state index contributed by atoms with van der Waals surface area (Å²) in [4.78, 5) is 25.6. The third-order valence-corrected chi connectivity index (χ3v) is 21.2. The monoisotopic (exact) mass is 1440 g/mol. The normalized spacial score (nSPS) is 14.5. The van der Waals surface area contributed by atoms with E-state index in [9.17, 15) is 0 Å². The van der Waals surface area contributed by atoms with Gasteiger partial charge in [0.2, 0.25) is 0 Å². The molecule has 0 radical (unpaired) electrons. The molecule has 10 nitrogen and oxygen atoms in total. The standard InChI is InChI=1S/3C29H44O2.3Al.H3O4P/c3*1-26(2,3)20-14-18(24(30)22(16-20)28(7,8)9)13-19-15-21(27(4,5)6)17-23(25(19)31)29(10,11)12;;;;1-5(2,3)4/h3*14-17,30-31H,13H2,1-12H3;;;;(H3,1,2,3,4)/q;;;3*+3;/p-9. The van der Waals surface area contributed by atoms with Crippen LogP contribution in [0.15, 0.2) is 72.8 Å². The van der Waals surface area contributed by atoms with Gasteiger partial charge in [0.15, 0.2) is 0 Å². The molecule has 0 aliphatic carbocycles. The van der Waals surface area contributed by atoms with Crippen LogP contribution in [-0.4, -0.2) is 47.7 Å². The summed E-state index contributed by atoms with van der Waals surface area (Å²) in [7, 11) is -5.39. The van der Waals surface area contributed by atoms with Crippen molar-refractivity contribution in [1.29, 1.82) is 0 Å². The van der Waals surface area contributed by atoms with Gasteiger partial charge in [0.05, 0.1) is 0 Å². The van der Waals surface area contributed by atoms with Crippen LogP contribution in [-0.2, 0) is 88.8 Å². The molecule has 3 aliphatic heterocycles. The number of fused-ring (bicyclic) bond motifs is 6. The van der Waals surface area contributed by atoms with Crippen LogP contribution in [0.4, 0.5) is 0 Å². The molecule has 0 N–H and O–H groups in total. The molecule has 0 saturated carbocycles. The van der Waals surface area contributed by atoms with Crippen LogP contribution in [0.1, 0.15) is 349 Å². The third-order valence-electron chi connectivity index (χ3n) is 19.2. The van der Waals surface area contributed by atoms with Crippen LogP contribution >= 0.6 is 7.82 Å². The molecule has 6 aromatic carbocycles. The van der Waals surface area contributed by atoms with Gasteiger partial charge >= 0.3 is 611 Å². The number of phosphoric acid groups is 1. The molecule has 0 unspecified atom stereocenters. The van der Waals surface area contributed by atoms with E-state index in [2.05, 4.69) is 322 Å². The van der Waals surface area contributed by atoms with E-state index in [0.29, 0.717) is 0 Å². The van der Waals surface area contributed by atoms with Gasteiger partial charge in [0, 0.05) is 0 Å². The second kappa shape index (κ2) is 29.9. The van der Waals surface area contributed by atoms with Gasteiger partial charge in [-0.05, 0) is 0 Å². The summed E-state index contributed by atoms with van der Waals surface area (Å²) < 4.78 is 47.2. The van der Waals surface area contributed by atoms with Gasteiger partial charge in [-0.3, -0.25) is 0 Å². The molecule has 0 fully saturated rings. The van der Waals surface area contributed by atoms with Crippen molar-refractivity contribution in [2.45, 2.75) is 333 Å². The predicted molar refractivity (Wildman–Crippen MR) is 420 cm³/mol.